The van der Waals surface area contributed by atoms with Gasteiger partial charge in [-0.25, -0.2) is 9.67 Å². The van der Waals surface area contributed by atoms with Crippen molar-refractivity contribution in [2.75, 3.05) is 20.3 Å². The van der Waals surface area contributed by atoms with Crippen molar-refractivity contribution in [3.8, 4) is 17.2 Å². The quantitative estimate of drug-likeness (QED) is 0.554. The number of benzene rings is 2. The van der Waals surface area contributed by atoms with Crippen molar-refractivity contribution < 1.29 is 14.3 Å². The Morgan fingerprint density at radius 3 is 2.31 bits per heavy atom. The van der Waals surface area contributed by atoms with Gasteiger partial charge in [0.2, 0.25) is 0 Å². The van der Waals surface area contributed by atoms with Crippen LogP contribution in [0.2, 0.25) is 0 Å². The highest BCUT2D eigenvalue weighted by molar-refractivity contribution is 5.78. The normalized spacial score (nSPS) is 11.7. The Balaban J connectivity index is 1.53. The van der Waals surface area contributed by atoms with Crippen LogP contribution >= 0.6 is 0 Å². The van der Waals surface area contributed by atoms with Gasteiger partial charge in [0.1, 0.15) is 24.2 Å². The van der Waals surface area contributed by atoms with E-state index in [2.05, 4.69) is 17.0 Å². The molecule has 0 radical (unpaired) electrons. The first-order chi connectivity index (χ1) is 14.1. The Kier molecular flexibility index (Phi) is 6.84. The minimum atomic E-state index is -0.0934. The Morgan fingerprint density at radius 2 is 1.72 bits per heavy atom. The highest BCUT2D eigenvalue weighted by Gasteiger charge is 2.18. The van der Waals surface area contributed by atoms with Gasteiger partial charge in [0, 0.05) is 7.05 Å². The summed E-state index contributed by atoms with van der Waals surface area (Å²) in [6.07, 6.45) is 4.10. The molecule has 0 aliphatic rings. The summed E-state index contributed by atoms with van der Waals surface area (Å²) >= 11 is 0. The van der Waals surface area contributed by atoms with Crippen LogP contribution in [0.1, 0.15) is 31.9 Å². The third-order valence-corrected chi connectivity index (χ3v) is 4.69. The summed E-state index contributed by atoms with van der Waals surface area (Å²) in [6.45, 7) is 4.71. The lowest BCUT2D eigenvalue weighted by Crippen LogP contribution is -2.33. The van der Waals surface area contributed by atoms with Crippen LogP contribution in [0.15, 0.2) is 61.2 Å². The predicted molar refractivity (Wildman–Crippen MR) is 110 cm³/mol. The van der Waals surface area contributed by atoms with Crippen molar-refractivity contribution in [2.45, 2.75) is 26.3 Å². The molecule has 1 aromatic heterocycles. The van der Waals surface area contributed by atoms with E-state index in [4.69, 9.17) is 9.47 Å². The van der Waals surface area contributed by atoms with E-state index >= 15 is 0 Å². The average molecular weight is 394 g/mol. The lowest BCUT2D eigenvalue weighted by molar-refractivity contribution is -0.134. The van der Waals surface area contributed by atoms with Gasteiger partial charge in [0.25, 0.3) is 5.91 Å². The third kappa shape index (κ3) is 5.34. The number of ether oxygens (including phenoxy) is 2. The number of likely N-dealkylation sites (N-methyl/N-ethyl adjacent to an activating group) is 1. The summed E-state index contributed by atoms with van der Waals surface area (Å²) in [7, 11) is 1.78. The molecule has 1 heterocycles. The molecule has 0 N–H and O–H groups in total. The molecular weight excluding hydrogens is 368 g/mol. The third-order valence-electron chi connectivity index (χ3n) is 4.69. The molecule has 3 rings (SSSR count). The zero-order valence-electron chi connectivity index (χ0n) is 17.0. The standard InChI is InChI=1S/C22H26N4O3/c1-4-13-28-20-9-11-21(12-10-20)29-14-22(27)25(3)17(2)18-5-7-19(8-6-18)26-16-23-15-24-26/h5-12,15-17H,4,13-14H2,1-3H3. The van der Waals surface area contributed by atoms with E-state index in [1.165, 1.54) is 6.33 Å². The van der Waals surface area contributed by atoms with Crippen molar-refractivity contribution >= 4 is 5.91 Å². The van der Waals surface area contributed by atoms with Gasteiger partial charge in [-0.15, -0.1) is 0 Å². The maximum absolute atomic E-state index is 12.5. The number of hydrogen-bond acceptors (Lipinski definition) is 5. The molecule has 1 atom stereocenters. The number of hydrogen-bond donors (Lipinski definition) is 0. The van der Waals surface area contributed by atoms with Crippen molar-refractivity contribution in [3.63, 3.8) is 0 Å². The lowest BCUT2D eigenvalue weighted by Gasteiger charge is -2.25. The van der Waals surface area contributed by atoms with E-state index in [0.717, 1.165) is 23.4 Å². The molecule has 0 fully saturated rings. The van der Waals surface area contributed by atoms with Gasteiger partial charge in [-0.1, -0.05) is 19.1 Å². The number of carbonyl (C=O) groups excluding carboxylic acids is 1. The fourth-order valence-electron chi connectivity index (χ4n) is 2.79. The molecule has 0 bridgehead atoms. The van der Waals surface area contributed by atoms with Gasteiger partial charge in [-0.05, 0) is 55.3 Å². The van der Waals surface area contributed by atoms with Gasteiger partial charge in [0.15, 0.2) is 6.61 Å². The van der Waals surface area contributed by atoms with Crippen molar-refractivity contribution in [3.05, 3.63) is 66.7 Å². The summed E-state index contributed by atoms with van der Waals surface area (Å²) < 4.78 is 12.9. The summed E-state index contributed by atoms with van der Waals surface area (Å²) in [5.74, 6) is 1.34. The van der Waals surface area contributed by atoms with Gasteiger partial charge < -0.3 is 14.4 Å². The van der Waals surface area contributed by atoms with Crippen LogP contribution in [0.4, 0.5) is 0 Å². The Hall–Kier alpha value is -3.35. The molecule has 2 aromatic carbocycles. The maximum atomic E-state index is 12.5. The summed E-state index contributed by atoms with van der Waals surface area (Å²) in [5.41, 5.74) is 1.95. The molecule has 0 spiro atoms. The minimum absolute atomic E-state index is 0.0208. The monoisotopic (exact) mass is 394 g/mol. The first-order valence-electron chi connectivity index (χ1n) is 9.64. The Labute approximate surface area is 170 Å². The van der Waals surface area contributed by atoms with Crippen LogP contribution in [-0.2, 0) is 4.79 Å². The minimum Gasteiger partial charge on any atom is -0.494 e. The Bertz CT molecular complexity index is 893. The van der Waals surface area contributed by atoms with E-state index in [0.29, 0.717) is 12.4 Å². The molecular formula is C22H26N4O3. The van der Waals surface area contributed by atoms with Gasteiger partial charge in [-0.2, -0.15) is 5.10 Å². The van der Waals surface area contributed by atoms with Gasteiger partial charge in [0.05, 0.1) is 18.3 Å². The average Bonchev–Trinajstić information content (AvgIpc) is 3.31. The maximum Gasteiger partial charge on any atom is 0.260 e. The topological polar surface area (TPSA) is 69.5 Å². The molecule has 0 saturated carbocycles. The van der Waals surface area contributed by atoms with Crippen molar-refractivity contribution in [2.24, 2.45) is 0 Å². The van der Waals surface area contributed by atoms with Crippen LogP contribution in [-0.4, -0.2) is 45.8 Å². The summed E-state index contributed by atoms with van der Waals surface area (Å²) in [5, 5.41) is 4.11. The molecule has 7 heteroatoms. The summed E-state index contributed by atoms with van der Waals surface area (Å²) in [6, 6.07) is 15.1. The number of aromatic nitrogens is 3. The zero-order valence-corrected chi connectivity index (χ0v) is 17.0. The number of nitrogens with zero attached hydrogens (tertiary/aromatic N) is 4. The van der Waals surface area contributed by atoms with Gasteiger partial charge >= 0.3 is 0 Å². The highest BCUT2D eigenvalue weighted by atomic mass is 16.5. The first kappa shape index (κ1) is 20.4. The van der Waals surface area contributed by atoms with Crippen LogP contribution in [0.5, 0.6) is 11.5 Å². The smallest absolute Gasteiger partial charge is 0.260 e. The molecule has 7 nitrogen and oxygen atoms in total. The highest BCUT2D eigenvalue weighted by Crippen LogP contribution is 2.21. The van der Waals surface area contributed by atoms with Crippen molar-refractivity contribution in [1.82, 2.24) is 19.7 Å². The molecule has 0 saturated heterocycles. The first-order valence-corrected chi connectivity index (χ1v) is 9.64. The lowest BCUT2D eigenvalue weighted by atomic mass is 10.1. The fraction of sp³-hybridized carbons (Fsp3) is 0.318. The Morgan fingerprint density at radius 1 is 1.07 bits per heavy atom. The second-order valence-corrected chi connectivity index (χ2v) is 6.72. The molecule has 0 aliphatic heterocycles. The van der Waals surface area contributed by atoms with Gasteiger partial charge in [-0.3, -0.25) is 4.79 Å². The second kappa shape index (κ2) is 9.73. The number of carbonyl (C=O) groups is 1. The van der Waals surface area contributed by atoms with Crippen molar-refractivity contribution in [1.29, 1.82) is 0 Å². The number of amides is 1. The molecule has 1 unspecified atom stereocenters. The van der Waals surface area contributed by atoms with E-state index in [9.17, 15) is 4.79 Å². The molecule has 0 aliphatic carbocycles. The van der Waals surface area contributed by atoms with E-state index in [1.807, 2.05) is 55.5 Å². The largest absolute Gasteiger partial charge is 0.494 e. The van der Waals surface area contributed by atoms with E-state index in [-0.39, 0.29) is 18.6 Å². The second-order valence-electron chi connectivity index (χ2n) is 6.72. The number of rotatable bonds is 9. The van der Waals surface area contributed by atoms with Crippen LogP contribution in [0, 0.1) is 0 Å². The zero-order chi connectivity index (χ0) is 20.6. The fourth-order valence-corrected chi connectivity index (χ4v) is 2.79. The van der Waals surface area contributed by atoms with E-state index < -0.39 is 0 Å². The van der Waals surface area contributed by atoms with Crippen LogP contribution in [0.25, 0.3) is 5.69 Å². The van der Waals surface area contributed by atoms with Crippen LogP contribution < -0.4 is 9.47 Å². The van der Waals surface area contributed by atoms with Crippen LogP contribution in [0.3, 0.4) is 0 Å². The SMILES string of the molecule is CCCOc1ccc(OCC(=O)N(C)C(C)c2ccc(-n3cncn3)cc2)cc1. The predicted octanol–water partition coefficient (Wildman–Crippen LogP) is 3.65. The molecule has 29 heavy (non-hydrogen) atoms. The molecule has 152 valence electrons. The molecule has 1 amide bonds. The van der Waals surface area contributed by atoms with E-state index in [1.54, 1.807) is 23.0 Å². The summed E-state index contributed by atoms with van der Waals surface area (Å²) in [4.78, 5) is 18.2. The molecule has 3 aromatic rings.